The summed E-state index contributed by atoms with van der Waals surface area (Å²) in [6.45, 7) is -0.706. The van der Waals surface area contributed by atoms with Crippen molar-refractivity contribution in [3.8, 4) is 16.9 Å². The van der Waals surface area contributed by atoms with E-state index in [0.717, 1.165) is 20.3 Å². The molecule has 3 rings (SSSR count). The van der Waals surface area contributed by atoms with Gasteiger partial charge in [-0.25, -0.2) is 0 Å². The Balaban J connectivity index is 1.77. The zero-order valence-electron chi connectivity index (χ0n) is 13.0. The molecular weight excluding hydrogens is 397 g/mol. The minimum absolute atomic E-state index is 0.407. The number of benzene rings is 2. The van der Waals surface area contributed by atoms with E-state index in [1.165, 1.54) is 12.4 Å². The fourth-order valence-corrected chi connectivity index (χ4v) is 2.81. The van der Waals surface area contributed by atoms with E-state index >= 15 is 0 Å². The Bertz CT molecular complexity index is 847. The highest BCUT2D eigenvalue weighted by atomic mass is 79.9. The molecule has 3 aromatic rings. The Morgan fingerprint density at radius 1 is 1.04 bits per heavy atom. The summed E-state index contributed by atoms with van der Waals surface area (Å²) < 4.78 is 44.8. The van der Waals surface area contributed by atoms with Crippen LogP contribution < -0.4 is 4.74 Å². The first-order chi connectivity index (χ1) is 11.9. The molecule has 0 aliphatic heterocycles. The standard InChI is InChI=1S/C18H14BrF3N2O/c19-16-6-14(15-9-23-24(10-15)12-18(20,21)22)7-17(8-16)25-11-13-4-2-1-3-5-13/h1-10H,11-12H2. The van der Waals surface area contributed by atoms with Crippen LogP contribution in [0.25, 0.3) is 11.1 Å². The van der Waals surface area contributed by atoms with Crippen molar-refractivity contribution in [1.82, 2.24) is 9.78 Å². The summed E-state index contributed by atoms with van der Waals surface area (Å²) in [6.07, 6.45) is -1.52. The molecule has 0 fully saturated rings. The van der Waals surface area contributed by atoms with Crippen LogP contribution >= 0.6 is 15.9 Å². The summed E-state index contributed by atoms with van der Waals surface area (Å²) in [7, 11) is 0. The van der Waals surface area contributed by atoms with E-state index in [4.69, 9.17) is 4.74 Å². The maximum absolute atomic E-state index is 12.5. The van der Waals surface area contributed by atoms with Crippen LogP contribution in [-0.2, 0) is 13.2 Å². The quantitative estimate of drug-likeness (QED) is 0.558. The lowest BCUT2D eigenvalue weighted by molar-refractivity contribution is -0.142. The molecule has 0 saturated carbocycles. The fraction of sp³-hybridized carbons (Fsp3) is 0.167. The van der Waals surface area contributed by atoms with E-state index in [0.29, 0.717) is 17.9 Å². The highest BCUT2D eigenvalue weighted by Crippen LogP contribution is 2.29. The van der Waals surface area contributed by atoms with Gasteiger partial charge in [0.05, 0.1) is 6.20 Å². The normalized spacial score (nSPS) is 11.5. The second-order valence-electron chi connectivity index (χ2n) is 5.49. The maximum Gasteiger partial charge on any atom is 0.408 e. The highest BCUT2D eigenvalue weighted by Gasteiger charge is 2.28. The predicted molar refractivity (Wildman–Crippen MR) is 92.2 cm³/mol. The summed E-state index contributed by atoms with van der Waals surface area (Å²) in [5.74, 6) is 0.622. The number of ether oxygens (including phenoxy) is 1. The van der Waals surface area contributed by atoms with Gasteiger partial charge in [0.25, 0.3) is 0 Å². The molecule has 0 aliphatic carbocycles. The Labute approximate surface area is 151 Å². The van der Waals surface area contributed by atoms with E-state index in [1.54, 1.807) is 6.07 Å². The molecule has 3 nitrogen and oxygen atoms in total. The molecule has 0 radical (unpaired) electrons. The SMILES string of the molecule is FC(F)(F)Cn1cc(-c2cc(Br)cc(OCc3ccccc3)c2)cn1. The molecule has 0 amide bonds. The number of aromatic nitrogens is 2. The molecule has 1 heterocycles. The molecular formula is C18H14BrF3N2O. The molecule has 0 N–H and O–H groups in total. The minimum atomic E-state index is -4.30. The van der Waals surface area contributed by atoms with Crippen LogP contribution in [0, 0.1) is 0 Å². The molecule has 0 bridgehead atoms. The third kappa shape index (κ3) is 5.09. The zero-order chi connectivity index (χ0) is 17.9. The Kier molecular flexibility index (Phi) is 5.13. The lowest BCUT2D eigenvalue weighted by Crippen LogP contribution is -2.17. The van der Waals surface area contributed by atoms with Gasteiger partial charge in [-0.1, -0.05) is 46.3 Å². The molecule has 25 heavy (non-hydrogen) atoms. The van der Waals surface area contributed by atoms with E-state index in [1.807, 2.05) is 42.5 Å². The van der Waals surface area contributed by atoms with Crippen molar-refractivity contribution in [1.29, 1.82) is 0 Å². The van der Waals surface area contributed by atoms with Crippen molar-refractivity contribution in [2.75, 3.05) is 0 Å². The number of hydrogen-bond acceptors (Lipinski definition) is 2. The lowest BCUT2D eigenvalue weighted by Gasteiger charge is -2.09. The van der Waals surface area contributed by atoms with Crippen molar-refractivity contribution in [3.63, 3.8) is 0 Å². The van der Waals surface area contributed by atoms with Crippen molar-refractivity contribution < 1.29 is 17.9 Å². The third-order valence-electron chi connectivity index (χ3n) is 3.43. The van der Waals surface area contributed by atoms with Gasteiger partial charge in [-0.05, 0) is 29.3 Å². The molecule has 2 aromatic carbocycles. The van der Waals surface area contributed by atoms with Gasteiger partial charge < -0.3 is 4.74 Å². The fourth-order valence-electron chi connectivity index (χ4n) is 2.34. The van der Waals surface area contributed by atoms with Gasteiger partial charge in [0.1, 0.15) is 18.9 Å². The second-order valence-corrected chi connectivity index (χ2v) is 6.41. The molecule has 0 saturated heterocycles. The Morgan fingerprint density at radius 3 is 2.52 bits per heavy atom. The molecule has 0 spiro atoms. The molecule has 7 heteroatoms. The van der Waals surface area contributed by atoms with Crippen LogP contribution in [0.4, 0.5) is 13.2 Å². The summed E-state index contributed by atoms with van der Waals surface area (Å²) in [4.78, 5) is 0. The van der Waals surface area contributed by atoms with Crippen LogP contribution in [0.1, 0.15) is 5.56 Å². The van der Waals surface area contributed by atoms with Crippen LogP contribution in [-0.4, -0.2) is 16.0 Å². The first-order valence-corrected chi connectivity index (χ1v) is 8.25. The lowest BCUT2D eigenvalue weighted by atomic mass is 10.1. The van der Waals surface area contributed by atoms with Crippen LogP contribution in [0.2, 0.25) is 0 Å². The van der Waals surface area contributed by atoms with Gasteiger partial charge in [-0.15, -0.1) is 0 Å². The van der Waals surface area contributed by atoms with Gasteiger partial charge in [0, 0.05) is 16.2 Å². The van der Waals surface area contributed by atoms with Crippen LogP contribution in [0.5, 0.6) is 5.75 Å². The van der Waals surface area contributed by atoms with Crippen molar-refractivity contribution in [3.05, 3.63) is 71.0 Å². The van der Waals surface area contributed by atoms with Crippen molar-refractivity contribution in [2.24, 2.45) is 0 Å². The highest BCUT2D eigenvalue weighted by molar-refractivity contribution is 9.10. The molecule has 1 aromatic heterocycles. The predicted octanol–water partition coefficient (Wildman–Crippen LogP) is 5.45. The molecule has 0 atom stereocenters. The van der Waals surface area contributed by atoms with Gasteiger partial charge in [0.2, 0.25) is 0 Å². The molecule has 130 valence electrons. The van der Waals surface area contributed by atoms with Gasteiger partial charge >= 0.3 is 6.18 Å². The Morgan fingerprint density at radius 2 is 1.80 bits per heavy atom. The number of hydrogen-bond donors (Lipinski definition) is 0. The second kappa shape index (κ2) is 7.31. The largest absolute Gasteiger partial charge is 0.489 e. The first-order valence-electron chi connectivity index (χ1n) is 7.46. The summed E-state index contributed by atoms with van der Waals surface area (Å²) in [5.41, 5.74) is 2.35. The summed E-state index contributed by atoms with van der Waals surface area (Å²) in [6, 6.07) is 15.1. The van der Waals surface area contributed by atoms with E-state index in [2.05, 4.69) is 21.0 Å². The van der Waals surface area contributed by atoms with Gasteiger partial charge in [0.15, 0.2) is 0 Å². The average molecular weight is 411 g/mol. The summed E-state index contributed by atoms with van der Waals surface area (Å²) in [5, 5.41) is 3.77. The first kappa shape index (κ1) is 17.5. The minimum Gasteiger partial charge on any atom is -0.489 e. The van der Waals surface area contributed by atoms with Crippen LogP contribution in [0.15, 0.2) is 65.4 Å². The van der Waals surface area contributed by atoms with E-state index in [9.17, 15) is 13.2 Å². The van der Waals surface area contributed by atoms with E-state index < -0.39 is 12.7 Å². The zero-order valence-corrected chi connectivity index (χ0v) is 14.6. The molecule has 0 unspecified atom stereocenters. The smallest absolute Gasteiger partial charge is 0.408 e. The van der Waals surface area contributed by atoms with Crippen LogP contribution in [0.3, 0.4) is 0 Å². The number of alkyl halides is 3. The maximum atomic E-state index is 12.5. The topological polar surface area (TPSA) is 27.1 Å². The summed E-state index contributed by atoms with van der Waals surface area (Å²) >= 11 is 3.40. The monoisotopic (exact) mass is 410 g/mol. The van der Waals surface area contributed by atoms with Gasteiger partial charge in [-0.3, -0.25) is 4.68 Å². The van der Waals surface area contributed by atoms with E-state index in [-0.39, 0.29) is 0 Å². The third-order valence-corrected chi connectivity index (χ3v) is 3.89. The van der Waals surface area contributed by atoms with Crippen molar-refractivity contribution in [2.45, 2.75) is 19.3 Å². The Hall–Kier alpha value is -2.28. The number of nitrogens with zero attached hydrogens (tertiary/aromatic N) is 2. The number of halogens is 4. The van der Waals surface area contributed by atoms with Crippen molar-refractivity contribution >= 4 is 15.9 Å². The average Bonchev–Trinajstić information content (AvgIpc) is 3.00. The van der Waals surface area contributed by atoms with Gasteiger partial charge in [-0.2, -0.15) is 18.3 Å². The number of rotatable bonds is 5. The molecule has 0 aliphatic rings.